The number of hydrogen-bond donors (Lipinski definition) is 3. The minimum atomic E-state index is -0.463. The Kier molecular flexibility index (Phi) is 7.80. The van der Waals surface area contributed by atoms with Crippen molar-refractivity contribution < 1.29 is 9.90 Å². The highest BCUT2D eigenvalue weighted by Gasteiger charge is 2.26. The van der Waals surface area contributed by atoms with Gasteiger partial charge in [-0.05, 0) is 17.6 Å². The highest BCUT2D eigenvalue weighted by Crippen LogP contribution is 2.17. The summed E-state index contributed by atoms with van der Waals surface area (Å²) in [7, 11) is 0. The molecule has 0 radical (unpaired) electrons. The van der Waals surface area contributed by atoms with E-state index in [4.69, 9.17) is 10.8 Å². The molecule has 1 atom stereocenters. The van der Waals surface area contributed by atoms with Crippen molar-refractivity contribution in [1.29, 1.82) is 0 Å². The van der Waals surface area contributed by atoms with Crippen LogP contribution in [-0.4, -0.2) is 41.7 Å². The number of aliphatic hydroxyl groups is 1. The predicted molar refractivity (Wildman–Crippen MR) is 69.5 cm³/mol. The third kappa shape index (κ3) is 7.09. The van der Waals surface area contributed by atoms with Gasteiger partial charge in [-0.15, -0.1) is 0 Å². The standard InChI is InChI=1S/C11H24N2O2S/c1-11(2,3)9(12)10(15)13-5-8-16-7-4-6-14/h9,14H,4-8,12H2,1-3H3,(H,13,15)/t9-/m1/s1. The fourth-order valence-corrected chi connectivity index (χ4v) is 1.80. The predicted octanol–water partition coefficient (Wildman–Crippen LogP) is 0.592. The van der Waals surface area contributed by atoms with Crippen LogP contribution in [0.2, 0.25) is 0 Å². The molecular weight excluding hydrogens is 224 g/mol. The van der Waals surface area contributed by atoms with Crippen molar-refractivity contribution in [2.24, 2.45) is 11.1 Å². The summed E-state index contributed by atoms with van der Waals surface area (Å²) in [6, 6.07) is -0.463. The minimum absolute atomic E-state index is 0.0877. The van der Waals surface area contributed by atoms with E-state index in [0.29, 0.717) is 6.54 Å². The average molecular weight is 248 g/mol. The third-order valence-corrected chi connectivity index (χ3v) is 3.28. The molecule has 0 unspecified atom stereocenters. The zero-order valence-electron chi connectivity index (χ0n) is 10.5. The maximum Gasteiger partial charge on any atom is 0.237 e. The highest BCUT2D eigenvalue weighted by atomic mass is 32.2. The molecule has 0 aromatic heterocycles. The smallest absolute Gasteiger partial charge is 0.237 e. The van der Waals surface area contributed by atoms with Gasteiger partial charge in [0, 0.05) is 18.9 Å². The molecule has 1 amide bonds. The van der Waals surface area contributed by atoms with Gasteiger partial charge in [0.1, 0.15) is 0 Å². The Morgan fingerprint density at radius 3 is 2.56 bits per heavy atom. The van der Waals surface area contributed by atoms with Crippen LogP contribution < -0.4 is 11.1 Å². The van der Waals surface area contributed by atoms with Gasteiger partial charge in [0.15, 0.2) is 0 Å². The van der Waals surface area contributed by atoms with Crippen molar-refractivity contribution in [2.75, 3.05) is 24.7 Å². The van der Waals surface area contributed by atoms with Crippen molar-refractivity contribution in [1.82, 2.24) is 5.32 Å². The van der Waals surface area contributed by atoms with Crippen molar-refractivity contribution in [3.8, 4) is 0 Å². The van der Waals surface area contributed by atoms with E-state index >= 15 is 0 Å². The number of nitrogens with two attached hydrogens (primary N) is 1. The molecule has 0 aliphatic heterocycles. The number of rotatable bonds is 7. The lowest BCUT2D eigenvalue weighted by atomic mass is 9.87. The second kappa shape index (κ2) is 7.92. The van der Waals surface area contributed by atoms with Crippen LogP contribution in [0.15, 0.2) is 0 Å². The molecule has 0 spiro atoms. The summed E-state index contributed by atoms with van der Waals surface area (Å²) in [5, 5.41) is 11.4. The van der Waals surface area contributed by atoms with Gasteiger partial charge in [0.05, 0.1) is 6.04 Å². The quantitative estimate of drug-likeness (QED) is 0.577. The monoisotopic (exact) mass is 248 g/mol. The normalized spacial score (nSPS) is 13.6. The van der Waals surface area contributed by atoms with Crippen molar-refractivity contribution in [3.63, 3.8) is 0 Å². The summed E-state index contributed by atoms with van der Waals surface area (Å²) in [5.74, 6) is 1.70. The van der Waals surface area contributed by atoms with Crippen LogP contribution in [0.1, 0.15) is 27.2 Å². The Bertz CT molecular complexity index is 205. The van der Waals surface area contributed by atoms with E-state index in [1.807, 2.05) is 20.8 Å². The second-order valence-corrected chi connectivity index (χ2v) is 6.05. The molecule has 0 bridgehead atoms. The fourth-order valence-electron chi connectivity index (χ4n) is 1.02. The average Bonchev–Trinajstić information content (AvgIpc) is 2.20. The van der Waals surface area contributed by atoms with Crippen LogP contribution >= 0.6 is 11.8 Å². The summed E-state index contributed by atoms with van der Waals surface area (Å²) < 4.78 is 0. The maximum absolute atomic E-state index is 11.6. The fraction of sp³-hybridized carbons (Fsp3) is 0.909. The molecule has 0 saturated heterocycles. The number of carbonyl (C=O) groups is 1. The van der Waals surface area contributed by atoms with E-state index in [1.54, 1.807) is 11.8 Å². The van der Waals surface area contributed by atoms with Gasteiger partial charge >= 0.3 is 0 Å². The zero-order valence-corrected chi connectivity index (χ0v) is 11.3. The Balaban J connectivity index is 3.58. The molecule has 0 aromatic carbocycles. The zero-order chi connectivity index (χ0) is 12.6. The number of hydrogen-bond acceptors (Lipinski definition) is 4. The summed E-state index contributed by atoms with van der Waals surface area (Å²) in [4.78, 5) is 11.6. The lowest BCUT2D eigenvalue weighted by Gasteiger charge is -2.25. The third-order valence-electron chi connectivity index (χ3n) is 2.21. The van der Waals surface area contributed by atoms with Crippen LogP contribution in [0.25, 0.3) is 0 Å². The lowest BCUT2D eigenvalue weighted by Crippen LogP contribution is -2.49. The van der Waals surface area contributed by atoms with Crippen molar-refractivity contribution >= 4 is 17.7 Å². The summed E-state index contributed by atoms with van der Waals surface area (Å²) in [6.07, 6.45) is 0.806. The summed E-state index contributed by atoms with van der Waals surface area (Å²) >= 11 is 1.72. The number of nitrogens with one attached hydrogen (secondary N) is 1. The van der Waals surface area contributed by atoms with E-state index in [1.165, 1.54) is 0 Å². The van der Waals surface area contributed by atoms with Gasteiger partial charge in [-0.1, -0.05) is 20.8 Å². The maximum atomic E-state index is 11.6. The number of amides is 1. The highest BCUT2D eigenvalue weighted by molar-refractivity contribution is 7.99. The number of carbonyl (C=O) groups excluding carboxylic acids is 1. The van der Waals surface area contributed by atoms with E-state index in [9.17, 15) is 4.79 Å². The number of aliphatic hydroxyl groups excluding tert-OH is 1. The molecule has 0 fully saturated rings. The molecule has 16 heavy (non-hydrogen) atoms. The minimum Gasteiger partial charge on any atom is -0.396 e. The molecule has 4 N–H and O–H groups in total. The molecule has 0 rings (SSSR count). The van der Waals surface area contributed by atoms with Gasteiger partial charge in [0.2, 0.25) is 5.91 Å². The van der Waals surface area contributed by atoms with E-state index in [-0.39, 0.29) is 17.9 Å². The molecule has 0 aliphatic carbocycles. The second-order valence-electron chi connectivity index (χ2n) is 4.82. The molecule has 0 aliphatic rings. The van der Waals surface area contributed by atoms with E-state index in [0.717, 1.165) is 17.9 Å². The lowest BCUT2D eigenvalue weighted by molar-refractivity contribution is -0.124. The van der Waals surface area contributed by atoms with Gasteiger partial charge in [-0.2, -0.15) is 11.8 Å². The van der Waals surface area contributed by atoms with Crippen LogP contribution in [0.5, 0.6) is 0 Å². The van der Waals surface area contributed by atoms with Crippen molar-refractivity contribution in [3.05, 3.63) is 0 Å². The van der Waals surface area contributed by atoms with Gasteiger partial charge in [0.25, 0.3) is 0 Å². The first-order valence-corrected chi connectivity index (χ1v) is 6.77. The van der Waals surface area contributed by atoms with Crippen LogP contribution in [0.4, 0.5) is 0 Å². The first-order chi connectivity index (χ1) is 7.39. The molecule has 0 aromatic rings. The SMILES string of the molecule is CC(C)(C)[C@H](N)C(=O)NCCSCCCO. The van der Waals surface area contributed by atoms with Crippen LogP contribution in [0, 0.1) is 5.41 Å². The van der Waals surface area contributed by atoms with E-state index in [2.05, 4.69) is 5.32 Å². The van der Waals surface area contributed by atoms with Crippen molar-refractivity contribution in [2.45, 2.75) is 33.2 Å². The summed E-state index contributed by atoms with van der Waals surface area (Å²) in [5.41, 5.74) is 5.60. The van der Waals surface area contributed by atoms with Gasteiger partial charge < -0.3 is 16.2 Å². The Hall–Kier alpha value is -0.260. The molecule has 5 heteroatoms. The van der Waals surface area contributed by atoms with Crippen LogP contribution in [0.3, 0.4) is 0 Å². The Morgan fingerprint density at radius 1 is 1.44 bits per heavy atom. The van der Waals surface area contributed by atoms with Crippen LogP contribution in [-0.2, 0) is 4.79 Å². The first kappa shape index (κ1) is 15.7. The molecule has 0 saturated carbocycles. The van der Waals surface area contributed by atoms with Gasteiger partial charge in [-0.25, -0.2) is 0 Å². The number of thioether (sulfide) groups is 1. The topological polar surface area (TPSA) is 75.4 Å². The molecular formula is C11H24N2O2S. The first-order valence-electron chi connectivity index (χ1n) is 5.61. The molecule has 4 nitrogen and oxygen atoms in total. The largest absolute Gasteiger partial charge is 0.396 e. The molecule has 96 valence electrons. The molecule has 0 heterocycles. The van der Waals surface area contributed by atoms with Gasteiger partial charge in [-0.3, -0.25) is 4.79 Å². The Morgan fingerprint density at radius 2 is 2.06 bits per heavy atom. The Labute approximate surface area is 102 Å². The van der Waals surface area contributed by atoms with E-state index < -0.39 is 6.04 Å². The summed E-state index contributed by atoms with van der Waals surface area (Å²) in [6.45, 7) is 6.72.